The normalized spacial score (nSPS) is 18.2. The molecule has 1 aliphatic carbocycles. The standard InChI is InChI=1S/C17H25NO3/c1-13-5-7-15(8-6-13)21-14(2)12-18-16(19)11-17(20)9-3-4-10-17/h5-8,14,20H,3-4,9-12H2,1-2H3,(H,18,19). The van der Waals surface area contributed by atoms with E-state index in [0.717, 1.165) is 31.4 Å². The zero-order valence-electron chi connectivity index (χ0n) is 12.9. The summed E-state index contributed by atoms with van der Waals surface area (Å²) in [6.07, 6.45) is 3.58. The average Bonchev–Trinajstić information content (AvgIpc) is 2.85. The maximum Gasteiger partial charge on any atom is 0.223 e. The summed E-state index contributed by atoms with van der Waals surface area (Å²) >= 11 is 0. The molecule has 0 aromatic heterocycles. The Morgan fingerprint density at radius 3 is 2.57 bits per heavy atom. The van der Waals surface area contributed by atoms with Crippen molar-refractivity contribution < 1.29 is 14.6 Å². The Labute approximate surface area is 126 Å². The Morgan fingerprint density at radius 2 is 1.95 bits per heavy atom. The molecule has 1 aromatic carbocycles. The molecule has 0 spiro atoms. The summed E-state index contributed by atoms with van der Waals surface area (Å²) in [6, 6.07) is 7.84. The molecule has 1 fully saturated rings. The van der Waals surface area contributed by atoms with Crippen LogP contribution in [0.5, 0.6) is 5.75 Å². The molecule has 1 aliphatic rings. The highest BCUT2D eigenvalue weighted by Crippen LogP contribution is 2.32. The molecular weight excluding hydrogens is 266 g/mol. The number of carbonyl (C=O) groups excluding carboxylic acids is 1. The van der Waals surface area contributed by atoms with Crippen LogP contribution in [0.4, 0.5) is 0 Å². The molecule has 1 unspecified atom stereocenters. The lowest BCUT2D eigenvalue weighted by Crippen LogP contribution is -2.38. The molecule has 2 rings (SSSR count). The highest BCUT2D eigenvalue weighted by molar-refractivity contribution is 5.77. The number of aliphatic hydroxyl groups is 1. The molecule has 0 heterocycles. The molecule has 116 valence electrons. The molecular formula is C17H25NO3. The summed E-state index contributed by atoms with van der Waals surface area (Å²) < 4.78 is 5.74. The fraction of sp³-hybridized carbons (Fsp3) is 0.588. The lowest BCUT2D eigenvalue weighted by atomic mass is 9.98. The molecule has 1 atom stereocenters. The maximum absolute atomic E-state index is 11.9. The van der Waals surface area contributed by atoms with Crippen LogP contribution in [0.2, 0.25) is 0 Å². The smallest absolute Gasteiger partial charge is 0.223 e. The highest BCUT2D eigenvalue weighted by atomic mass is 16.5. The third-order valence-corrected chi connectivity index (χ3v) is 3.97. The molecule has 0 radical (unpaired) electrons. The van der Waals surface area contributed by atoms with Gasteiger partial charge in [0.2, 0.25) is 5.91 Å². The summed E-state index contributed by atoms with van der Waals surface area (Å²) in [5.74, 6) is 0.704. The van der Waals surface area contributed by atoms with Gasteiger partial charge in [0.05, 0.1) is 18.6 Å². The van der Waals surface area contributed by atoms with E-state index in [0.29, 0.717) is 6.54 Å². The predicted molar refractivity (Wildman–Crippen MR) is 82.3 cm³/mol. The van der Waals surface area contributed by atoms with E-state index < -0.39 is 5.60 Å². The van der Waals surface area contributed by atoms with Crippen molar-refractivity contribution >= 4 is 5.91 Å². The molecule has 1 amide bonds. The van der Waals surface area contributed by atoms with Crippen molar-refractivity contribution in [3.05, 3.63) is 29.8 Å². The number of nitrogens with one attached hydrogen (secondary N) is 1. The van der Waals surface area contributed by atoms with Crippen LogP contribution in [0.15, 0.2) is 24.3 Å². The Kier molecular flexibility index (Phi) is 5.23. The topological polar surface area (TPSA) is 58.6 Å². The van der Waals surface area contributed by atoms with Gasteiger partial charge >= 0.3 is 0 Å². The summed E-state index contributed by atoms with van der Waals surface area (Å²) in [5.41, 5.74) is 0.401. The fourth-order valence-corrected chi connectivity index (χ4v) is 2.72. The third kappa shape index (κ3) is 5.05. The van der Waals surface area contributed by atoms with E-state index in [9.17, 15) is 9.90 Å². The van der Waals surface area contributed by atoms with Crippen molar-refractivity contribution in [2.24, 2.45) is 0 Å². The van der Waals surface area contributed by atoms with E-state index in [1.165, 1.54) is 5.56 Å². The largest absolute Gasteiger partial charge is 0.489 e. The van der Waals surface area contributed by atoms with Gasteiger partial charge in [-0.25, -0.2) is 0 Å². The minimum Gasteiger partial charge on any atom is -0.489 e. The van der Waals surface area contributed by atoms with Crippen LogP contribution >= 0.6 is 0 Å². The molecule has 0 aliphatic heterocycles. The Balaban J connectivity index is 1.71. The zero-order valence-corrected chi connectivity index (χ0v) is 12.9. The van der Waals surface area contributed by atoms with E-state index in [2.05, 4.69) is 5.32 Å². The number of ether oxygens (including phenoxy) is 1. The number of carbonyl (C=O) groups is 1. The first-order chi connectivity index (χ1) is 9.97. The lowest BCUT2D eigenvalue weighted by Gasteiger charge is -2.22. The van der Waals surface area contributed by atoms with Gasteiger partial charge < -0.3 is 15.2 Å². The van der Waals surface area contributed by atoms with Gasteiger partial charge in [0, 0.05) is 0 Å². The molecule has 2 N–H and O–H groups in total. The van der Waals surface area contributed by atoms with E-state index in [-0.39, 0.29) is 18.4 Å². The van der Waals surface area contributed by atoms with Gasteiger partial charge in [-0.2, -0.15) is 0 Å². The monoisotopic (exact) mass is 291 g/mol. The minimum absolute atomic E-state index is 0.0984. The first-order valence-corrected chi connectivity index (χ1v) is 7.69. The van der Waals surface area contributed by atoms with Crippen molar-refractivity contribution in [1.29, 1.82) is 0 Å². The quantitative estimate of drug-likeness (QED) is 0.847. The van der Waals surface area contributed by atoms with E-state index in [1.807, 2.05) is 38.1 Å². The van der Waals surface area contributed by atoms with Crippen molar-refractivity contribution in [2.45, 2.75) is 57.7 Å². The first kappa shape index (κ1) is 15.8. The van der Waals surface area contributed by atoms with Crippen LogP contribution < -0.4 is 10.1 Å². The van der Waals surface area contributed by atoms with Gasteiger partial charge in [-0.1, -0.05) is 30.5 Å². The Morgan fingerprint density at radius 1 is 1.33 bits per heavy atom. The van der Waals surface area contributed by atoms with Gasteiger partial charge in [-0.05, 0) is 38.8 Å². The number of hydrogen-bond acceptors (Lipinski definition) is 3. The second-order valence-electron chi connectivity index (χ2n) is 6.15. The number of aryl methyl sites for hydroxylation is 1. The van der Waals surface area contributed by atoms with Crippen LogP contribution in [-0.2, 0) is 4.79 Å². The number of hydrogen-bond donors (Lipinski definition) is 2. The summed E-state index contributed by atoms with van der Waals surface area (Å²) in [4.78, 5) is 11.9. The van der Waals surface area contributed by atoms with Gasteiger partial charge in [0.15, 0.2) is 0 Å². The van der Waals surface area contributed by atoms with Crippen molar-refractivity contribution in [3.63, 3.8) is 0 Å². The molecule has 1 aromatic rings. The van der Waals surface area contributed by atoms with Crippen LogP contribution in [0.1, 0.15) is 44.6 Å². The summed E-state index contributed by atoms with van der Waals surface area (Å²) in [6.45, 7) is 4.40. The number of benzene rings is 1. The van der Waals surface area contributed by atoms with Crippen molar-refractivity contribution in [2.75, 3.05) is 6.54 Å². The Bertz CT molecular complexity index is 463. The molecule has 0 bridgehead atoms. The van der Waals surface area contributed by atoms with Gasteiger partial charge in [0.25, 0.3) is 0 Å². The van der Waals surface area contributed by atoms with Crippen LogP contribution in [0.25, 0.3) is 0 Å². The summed E-state index contributed by atoms with van der Waals surface area (Å²) in [7, 11) is 0. The van der Waals surface area contributed by atoms with Gasteiger partial charge in [-0.3, -0.25) is 4.79 Å². The summed E-state index contributed by atoms with van der Waals surface area (Å²) in [5, 5.41) is 13.0. The molecule has 4 nitrogen and oxygen atoms in total. The zero-order chi connectivity index (χ0) is 15.3. The van der Waals surface area contributed by atoms with Crippen LogP contribution in [0, 0.1) is 6.92 Å². The van der Waals surface area contributed by atoms with Crippen molar-refractivity contribution in [3.8, 4) is 5.75 Å². The predicted octanol–water partition coefficient (Wildman–Crippen LogP) is 2.57. The minimum atomic E-state index is -0.787. The fourth-order valence-electron chi connectivity index (χ4n) is 2.72. The second-order valence-corrected chi connectivity index (χ2v) is 6.15. The highest BCUT2D eigenvalue weighted by Gasteiger charge is 2.33. The maximum atomic E-state index is 11.9. The van der Waals surface area contributed by atoms with E-state index in [4.69, 9.17) is 4.74 Å². The first-order valence-electron chi connectivity index (χ1n) is 7.69. The average molecular weight is 291 g/mol. The lowest BCUT2D eigenvalue weighted by molar-refractivity contribution is -0.126. The third-order valence-electron chi connectivity index (χ3n) is 3.97. The molecule has 0 saturated heterocycles. The van der Waals surface area contributed by atoms with E-state index >= 15 is 0 Å². The SMILES string of the molecule is Cc1ccc(OC(C)CNC(=O)CC2(O)CCCC2)cc1. The van der Waals surface area contributed by atoms with E-state index in [1.54, 1.807) is 0 Å². The van der Waals surface area contributed by atoms with Crippen molar-refractivity contribution in [1.82, 2.24) is 5.32 Å². The number of rotatable bonds is 6. The second kappa shape index (κ2) is 6.94. The van der Waals surface area contributed by atoms with Gasteiger partial charge in [0.1, 0.15) is 11.9 Å². The number of amides is 1. The molecule has 21 heavy (non-hydrogen) atoms. The molecule has 1 saturated carbocycles. The molecule has 4 heteroatoms. The van der Waals surface area contributed by atoms with Crippen LogP contribution in [-0.4, -0.2) is 29.3 Å². The van der Waals surface area contributed by atoms with Crippen LogP contribution in [0.3, 0.4) is 0 Å². The van der Waals surface area contributed by atoms with Gasteiger partial charge in [-0.15, -0.1) is 0 Å². The Hall–Kier alpha value is -1.55.